The Morgan fingerprint density at radius 1 is 1.38 bits per heavy atom. The van der Waals surface area contributed by atoms with Crippen LogP contribution in [0.15, 0.2) is 33.6 Å². The fraction of sp³-hybridized carbons (Fsp3) is 0.200. The molecule has 0 aliphatic rings. The summed E-state index contributed by atoms with van der Waals surface area (Å²) < 4.78 is 0.996. The van der Waals surface area contributed by atoms with Crippen molar-refractivity contribution in [1.82, 2.24) is 5.32 Å². The highest BCUT2D eigenvalue weighted by Gasteiger charge is 2.05. The molecule has 16 heavy (non-hydrogen) atoms. The van der Waals surface area contributed by atoms with E-state index in [0.717, 1.165) is 9.37 Å². The van der Waals surface area contributed by atoms with E-state index >= 15 is 0 Å². The van der Waals surface area contributed by atoms with Gasteiger partial charge in [0, 0.05) is 21.5 Å². The van der Waals surface area contributed by atoms with Crippen LogP contribution in [0, 0.1) is 0 Å². The molecule has 0 aliphatic heterocycles. The summed E-state index contributed by atoms with van der Waals surface area (Å²) in [7, 11) is 0. The highest BCUT2D eigenvalue weighted by molar-refractivity contribution is 9.10. The first kappa shape index (κ1) is 13.1. The SMILES string of the molecule is NC(=O)NC(=O)CCSc1ccccc1Br. The summed E-state index contributed by atoms with van der Waals surface area (Å²) in [4.78, 5) is 22.5. The van der Waals surface area contributed by atoms with Crippen LogP contribution in [0.1, 0.15) is 6.42 Å². The van der Waals surface area contributed by atoms with Crippen LogP contribution in [0.25, 0.3) is 0 Å². The molecule has 0 spiro atoms. The van der Waals surface area contributed by atoms with Crippen molar-refractivity contribution < 1.29 is 9.59 Å². The third-order valence-corrected chi connectivity index (χ3v) is 3.72. The zero-order chi connectivity index (χ0) is 12.0. The summed E-state index contributed by atoms with van der Waals surface area (Å²) in [5.74, 6) is 0.244. The molecule has 3 amide bonds. The lowest BCUT2D eigenvalue weighted by atomic mass is 10.4. The molecular formula is C10H11BrN2O2S. The Hall–Kier alpha value is -1.01. The van der Waals surface area contributed by atoms with Crippen molar-refractivity contribution in [3.63, 3.8) is 0 Å². The summed E-state index contributed by atoms with van der Waals surface area (Å²) >= 11 is 4.95. The van der Waals surface area contributed by atoms with Crippen molar-refractivity contribution in [3.8, 4) is 0 Å². The quantitative estimate of drug-likeness (QED) is 0.837. The Morgan fingerprint density at radius 2 is 2.06 bits per heavy atom. The third-order valence-electron chi connectivity index (χ3n) is 1.69. The van der Waals surface area contributed by atoms with E-state index in [1.165, 1.54) is 0 Å². The monoisotopic (exact) mass is 302 g/mol. The summed E-state index contributed by atoms with van der Waals surface area (Å²) in [6.07, 6.45) is 0.259. The second kappa shape index (κ2) is 6.55. The van der Waals surface area contributed by atoms with E-state index in [2.05, 4.69) is 15.9 Å². The fourth-order valence-corrected chi connectivity index (χ4v) is 2.53. The van der Waals surface area contributed by atoms with Crippen LogP contribution in [0.3, 0.4) is 0 Å². The van der Waals surface area contributed by atoms with E-state index in [9.17, 15) is 9.59 Å². The number of halogens is 1. The molecule has 1 aromatic carbocycles. The molecule has 1 rings (SSSR count). The number of amides is 3. The molecule has 4 nitrogen and oxygen atoms in total. The molecule has 3 N–H and O–H groups in total. The molecule has 0 unspecified atom stereocenters. The second-order valence-corrected chi connectivity index (χ2v) is 4.93. The van der Waals surface area contributed by atoms with Gasteiger partial charge in [-0.1, -0.05) is 12.1 Å². The summed E-state index contributed by atoms with van der Waals surface area (Å²) in [6, 6.07) is 6.94. The number of benzene rings is 1. The Morgan fingerprint density at radius 3 is 2.69 bits per heavy atom. The highest BCUT2D eigenvalue weighted by atomic mass is 79.9. The summed E-state index contributed by atoms with van der Waals surface area (Å²) in [5.41, 5.74) is 4.82. The summed E-state index contributed by atoms with van der Waals surface area (Å²) in [6.45, 7) is 0. The molecule has 0 atom stereocenters. The molecular weight excluding hydrogens is 292 g/mol. The number of imide groups is 1. The van der Waals surface area contributed by atoms with Crippen molar-refractivity contribution in [1.29, 1.82) is 0 Å². The lowest BCUT2D eigenvalue weighted by molar-refractivity contribution is -0.119. The van der Waals surface area contributed by atoms with Gasteiger partial charge in [-0.3, -0.25) is 10.1 Å². The number of primary amides is 1. The van der Waals surface area contributed by atoms with Crippen LogP contribution in [0.4, 0.5) is 4.79 Å². The first-order chi connectivity index (χ1) is 7.59. The van der Waals surface area contributed by atoms with Gasteiger partial charge in [0.2, 0.25) is 5.91 Å². The number of carbonyl (C=O) groups excluding carboxylic acids is 2. The maximum absolute atomic E-state index is 11.1. The average molecular weight is 303 g/mol. The number of carbonyl (C=O) groups is 2. The van der Waals surface area contributed by atoms with E-state index in [0.29, 0.717) is 5.75 Å². The van der Waals surface area contributed by atoms with Gasteiger partial charge >= 0.3 is 6.03 Å². The minimum atomic E-state index is -0.809. The first-order valence-electron chi connectivity index (χ1n) is 4.56. The maximum atomic E-state index is 11.1. The largest absolute Gasteiger partial charge is 0.351 e. The molecule has 0 radical (unpaired) electrons. The second-order valence-electron chi connectivity index (χ2n) is 2.94. The van der Waals surface area contributed by atoms with Crippen molar-refractivity contribution >= 4 is 39.6 Å². The van der Waals surface area contributed by atoms with E-state index < -0.39 is 6.03 Å². The molecule has 0 aliphatic carbocycles. The van der Waals surface area contributed by atoms with Crippen LogP contribution >= 0.6 is 27.7 Å². The lowest BCUT2D eigenvalue weighted by Gasteiger charge is -2.03. The van der Waals surface area contributed by atoms with Crippen LogP contribution < -0.4 is 11.1 Å². The van der Waals surface area contributed by atoms with Gasteiger partial charge in [0.15, 0.2) is 0 Å². The number of rotatable bonds is 4. The lowest BCUT2D eigenvalue weighted by Crippen LogP contribution is -2.35. The highest BCUT2D eigenvalue weighted by Crippen LogP contribution is 2.27. The number of thioether (sulfide) groups is 1. The van der Waals surface area contributed by atoms with Gasteiger partial charge in [0.05, 0.1) is 0 Å². The number of hydrogen-bond acceptors (Lipinski definition) is 3. The first-order valence-corrected chi connectivity index (χ1v) is 6.34. The average Bonchev–Trinajstić information content (AvgIpc) is 2.19. The molecule has 0 saturated heterocycles. The van der Waals surface area contributed by atoms with Gasteiger partial charge in [-0.25, -0.2) is 4.79 Å². The van der Waals surface area contributed by atoms with E-state index in [-0.39, 0.29) is 12.3 Å². The fourth-order valence-electron chi connectivity index (χ4n) is 1.02. The van der Waals surface area contributed by atoms with Gasteiger partial charge < -0.3 is 5.73 Å². The van der Waals surface area contributed by atoms with Gasteiger partial charge in [0.25, 0.3) is 0 Å². The predicted molar refractivity (Wildman–Crippen MR) is 67.2 cm³/mol. The van der Waals surface area contributed by atoms with E-state index in [1.54, 1.807) is 11.8 Å². The van der Waals surface area contributed by atoms with Crippen LogP contribution in [-0.4, -0.2) is 17.7 Å². The van der Waals surface area contributed by atoms with Crippen LogP contribution in [0.2, 0.25) is 0 Å². The van der Waals surface area contributed by atoms with Crippen LogP contribution in [0.5, 0.6) is 0 Å². The number of nitrogens with two attached hydrogens (primary N) is 1. The number of hydrogen-bond donors (Lipinski definition) is 2. The molecule has 0 saturated carbocycles. The maximum Gasteiger partial charge on any atom is 0.318 e. The van der Waals surface area contributed by atoms with Crippen LogP contribution in [-0.2, 0) is 4.79 Å². The Kier molecular flexibility index (Phi) is 5.34. The Labute approximate surface area is 106 Å². The molecule has 0 heterocycles. The molecule has 6 heteroatoms. The third kappa shape index (κ3) is 4.67. The van der Waals surface area contributed by atoms with Gasteiger partial charge in [-0.05, 0) is 28.1 Å². The van der Waals surface area contributed by atoms with Crippen molar-refractivity contribution in [2.24, 2.45) is 5.73 Å². The van der Waals surface area contributed by atoms with Gasteiger partial charge in [-0.2, -0.15) is 0 Å². The Balaban J connectivity index is 2.33. The molecule has 0 fully saturated rings. The van der Waals surface area contributed by atoms with Gasteiger partial charge in [-0.15, -0.1) is 11.8 Å². The molecule has 1 aromatic rings. The molecule has 86 valence electrons. The standard InChI is InChI=1S/C10H11BrN2O2S/c11-7-3-1-2-4-8(7)16-6-5-9(14)13-10(12)15/h1-4H,5-6H2,(H3,12,13,14,15). The van der Waals surface area contributed by atoms with Crippen molar-refractivity contribution in [2.75, 3.05) is 5.75 Å². The molecule has 0 bridgehead atoms. The summed E-state index contributed by atoms with van der Waals surface area (Å²) in [5, 5.41) is 2.02. The zero-order valence-electron chi connectivity index (χ0n) is 8.40. The normalized spacial score (nSPS) is 9.81. The van der Waals surface area contributed by atoms with Crippen molar-refractivity contribution in [2.45, 2.75) is 11.3 Å². The number of urea groups is 1. The zero-order valence-corrected chi connectivity index (χ0v) is 10.8. The van der Waals surface area contributed by atoms with E-state index in [4.69, 9.17) is 5.73 Å². The smallest absolute Gasteiger partial charge is 0.318 e. The van der Waals surface area contributed by atoms with Crippen molar-refractivity contribution in [3.05, 3.63) is 28.7 Å². The van der Waals surface area contributed by atoms with E-state index in [1.807, 2.05) is 29.6 Å². The van der Waals surface area contributed by atoms with Gasteiger partial charge in [0.1, 0.15) is 0 Å². The minimum Gasteiger partial charge on any atom is -0.351 e. The predicted octanol–water partition coefficient (Wildman–Crippen LogP) is 2.13. The Bertz CT molecular complexity index is 398. The number of nitrogens with one attached hydrogen (secondary N) is 1. The topological polar surface area (TPSA) is 72.2 Å². The molecule has 0 aromatic heterocycles. The minimum absolute atomic E-state index is 0.259.